The predicted octanol–water partition coefficient (Wildman–Crippen LogP) is -0.293. The van der Waals surface area contributed by atoms with Crippen molar-refractivity contribution in [1.29, 1.82) is 0 Å². The monoisotopic (exact) mass is 187 g/mol. The van der Waals surface area contributed by atoms with E-state index in [4.69, 9.17) is 9.84 Å². The van der Waals surface area contributed by atoms with E-state index in [1.54, 1.807) is 14.1 Å². The van der Waals surface area contributed by atoms with E-state index < -0.39 is 18.2 Å². The van der Waals surface area contributed by atoms with Gasteiger partial charge in [0, 0.05) is 14.1 Å². The van der Waals surface area contributed by atoms with Crippen LogP contribution in [0.15, 0.2) is 0 Å². The van der Waals surface area contributed by atoms with Gasteiger partial charge in [-0.3, -0.25) is 4.79 Å². The quantitative estimate of drug-likeness (QED) is 0.645. The summed E-state index contributed by atoms with van der Waals surface area (Å²) in [6.45, 7) is 0. The van der Waals surface area contributed by atoms with Gasteiger partial charge in [-0.25, -0.2) is 4.79 Å². The number of ether oxygens (including phenoxy) is 1. The molecule has 5 nitrogen and oxygen atoms in total. The van der Waals surface area contributed by atoms with E-state index in [-0.39, 0.29) is 5.91 Å². The number of likely N-dealkylation sites (N-methyl/N-ethyl adjacent to an activating group) is 1. The van der Waals surface area contributed by atoms with Crippen molar-refractivity contribution >= 4 is 11.9 Å². The predicted molar refractivity (Wildman–Crippen MR) is 44.2 cm³/mol. The summed E-state index contributed by atoms with van der Waals surface area (Å²) < 4.78 is 5.06. The van der Waals surface area contributed by atoms with Crippen molar-refractivity contribution in [2.45, 2.75) is 25.0 Å². The van der Waals surface area contributed by atoms with Crippen molar-refractivity contribution in [1.82, 2.24) is 4.90 Å². The fourth-order valence-electron chi connectivity index (χ4n) is 1.29. The number of hydrogen-bond donors (Lipinski definition) is 1. The van der Waals surface area contributed by atoms with Crippen LogP contribution in [-0.2, 0) is 14.3 Å². The molecule has 0 aromatic heterocycles. The molecular weight excluding hydrogens is 174 g/mol. The standard InChI is InChI=1S/C8H13NO4/c1-9(2)7(10)5-3-4-6(13-5)8(11)12/h5-6H,3-4H2,1-2H3,(H,11,12)/t5-,6-/m1/s1. The lowest BCUT2D eigenvalue weighted by atomic mass is 10.2. The topological polar surface area (TPSA) is 66.8 Å². The Morgan fingerprint density at radius 2 is 1.85 bits per heavy atom. The molecule has 5 heteroatoms. The third-order valence-electron chi connectivity index (χ3n) is 2.01. The van der Waals surface area contributed by atoms with Crippen molar-refractivity contribution in [3.8, 4) is 0 Å². The zero-order valence-electron chi connectivity index (χ0n) is 7.69. The molecule has 0 aromatic rings. The molecule has 2 atom stereocenters. The number of carboxylic acids is 1. The van der Waals surface area contributed by atoms with Crippen LogP contribution < -0.4 is 0 Å². The highest BCUT2D eigenvalue weighted by molar-refractivity contribution is 5.82. The second-order valence-electron chi connectivity index (χ2n) is 3.26. The van der Waals surface area contributed by atoms with Crippen molar-refractivity contribution in [2.75, 3.05) is 14.1 Å². The lowest BCUT2D eigenvalue weighted by molar-refractivity contribution is -0.153. The molecule has 0 aromatic carbocycles. The largest absolute Gasteiger partial charge is 0.479 e. The molecule has 1 amide bonds. The minimum atomic E-state index is -0.992. The molecule has 1 saturated heterocycles. The van der Waals surface area contributed by atoms with E-state index in [1.165, 1.54) is 4.90 Å². The average Bonchev–Trinajstić information content (AvgIpc) is 2.50. The van der Waals surface area contributed by atoms with Crippen LogP contribution in [0.25, 0.3) is 0 Å². The Kier molecular flexibility index (Phi) is 2.87. The number of carbonyl (C=O) groups excluding carboxylic acids is 1. The lowest BCUT2D eigenvalue weighted by Crippen LogP contribution is -2.34. The first-order chi connectivity index (χ1) is 6.02. The number of aliphatic carboxylic acids is 1. The van der Waals surface area contributed by atoms with Gasteiger partial charge < -0.3 is 14.7 Å². The van der Waals surface area contributed by atoms with E-state index in [0.29, 0.717) is 12.8 Å². The SMILES string of the molecule is CN(C)C(=O)[C@H]1CC[C@H](C(=O)O)O1. The van der Waals surface area contributed by atoms with Gasteiger partial charge in [0.05, 0.1) is 0 Å². The van der Waals surface area contributed by atoms with Gasteiger partial charge in [0.1, 0.15) is 6.10 Å². The van der Waals surface area contributed by atoms with E-state index in [1.807, 2.05) is 0 Å². The van der Waals surface area contributed by atoms with Crippen molar-refractivity contribution in [3.05, 3.63) is 0 Å². The first-order valence-electron chi connectivity index (χ1n) is 4.12. The molecule has 0 saturated carbocycles. The first kappa shape index (κ1) is 9.98. The third kappa shape index (κ3) is 2.18. The van der Waals surface area contributed by atoms with Gasteiger partial charge in [-0.05, 0) is 12.8 Å². The zero-order chi connectivity index (χ0) is 10.0. The second-order valence-corrected chi connectivity index (χ2v) is 3.26. The average molecular weight is 187 g/mol. The number of amides is 1. The van der Waals surface area contributed by atoms with E-state index in [9.17, 15) is 9.59 Å². The summed E-state index contributed by atoms with van der Waals surface area (Å²) in [5.74, 6) is -1.15. The number of nitrogens with zero attached hydrogens (tertiary/aromatic N) is 1. The summed E-state index contributed by atoms with van der Waals surface area (Å²) in [6.07, 6.45) is -0.474. The number of carbonyl (C=O) groups is 2. The second kappa shape index (κ2) is 3.74. The van der Waals surface area contributed by atoms with Crippen molar-refractivity contribution in [2.24, 2.45) is 0 Å². The summed E-state index contributed by atoms with van der Waals surface area (Å²) in [4.78, 5) is 23.2. The molecule has 1 fully saturated rings. The molecule has 1 aliphatic rings. The summed E-state index contributed by atoms with van der Waals surface area (Å²) in [6, 6.07) is 0. The summed E-state index contributed by atoms with van der Waals surface area (Å²) in [7, 11) is 3.25. The molecule has 1 rings (SSSR count). The molecule has 0 unspecified atom stereocenters. The molecule has 74 valence electrons. The van der Waals surface area contributed by atoms with Gasteiger partial charge in [-0.1, -0.05) is 0 Å². The van der Waals surface area contributed by atoms with Crippen LogP contribution >= 0.6 is 0 Å². The minimum absolute atomic E-state index is 0.163. The van der Waals surface area contributed by atoms with Crippen LogP contribution in [0.4, 0.5) is 0 Å². The highest BCUT2D eigenvalue weighted by atomic mass is 16.5. The van der Waals surface area contributed by atoms with Crippen LogP contribution in [0.3, 0.4) is 0 Å². The Hall–Kier alpha value is -1.10. The Morgan fingerprint density at radius 3 is 2.23 bits per heavy atom. The van der Waals surface area contributed by atoms with Crippen molar-refractivity contribution < 1.29 is 19.4 Å². The van der Waals surface area contributed by atoms with Gasteiger partial charge >= 0.3 is 5.97 Å². The fraction of sp³-hybridized carbons (Fsp3) is 0.750. The first-order valence-corrected chi connectivity index (χ1v) is 4.12. The summed E-state index contributed by atoms with van der Waals surface area (Å²) >= 11 is 0. The number of hydrogen-bond acceptors (Lipinski definition) is 3. The van der Waals surface area contributed by atoms with Crippen LogP contribution in [0, 0.1) is 0 Å². The van der Waals surface area contributed by atoms with E-state index >= 15 is 0 Å². The molecule has 1 aliphatic heterocycles. The van der Waals surface area contributed by atoms with E-state index in [0.717, 1.165) is 0 Å². The lowest BCUT2D eigenvalue weighted by Gasteiger charge is -2.15. The van der Waals surface area contributed by atoms with Gasteiger partial charge in [-0.15, -0.1) is 0 Å². The van der Waals surface area contributed by atoms with Gasteiger partial charge in [0.2, 0.25) is 0 Å². The number of carboxylic acid groups (broad SMARTS) is 1. The molecule has 1 N–H and O–H groups in total. The molecule has 1 heterocycles. The van der Waals surface area contributed by atoms with Crippen LogP contribution in [0.5, 0.6) is 0 Å². The van der Waals surface area contributed by atoms with E-state index in [2.05, 4.69) is 0 Å². The maximum atomic E-state index is 11.3. The zero-order valence-corrected chi connectivity index (χ0v) is 7.69. The number of rotatable bonds is 2. The van der Waals surface area contributed by atoms with Crippen LogP contribution in [-0.4, -0.2) is 48.2 Å². The van der Waals surface area contributed by atoms with Crippen LogP contribution in [0.1, 0.15) is 12.8 Å². The van der Waals surface area contributed by atoms with Crippen molar-refractivity contribution in [3.63, 3.8) is 0 Å². The highest BCUT2D eigenvalue weighted by Crippen LogP contribution is 2.20. The Balaban J connectivity index is 2.50. The molecule has 0 radical (unpaired) electrons. The molecule has 0 spiro atoms. The molecule has 13 heavy (non-hydrogen) atoms. The molecule has 0 aliphatic carbocycles. The maximum Gasteiger partial charge on any atom is 0.332 e. The van der Waals surface area contributed by atoms with Crippen LogP contribution in [0.2, 0.25) is 0 Å². The third-order valence-corrected chi connectivity index (χ3v) is 2.01. The van der Waals surface area contributed by atoms with Gasteiger partial charge in [-0.2, -0.15) is 0 Å². The Bertz CT molecular complexity index is 226. The Morgan fingerprint density at radius 1 is 1.31 bits per heavy atom. The summed E-state index contributed by atoms with van der Waals surface area (Å²) in [5, 5.41) is 8.60. The fourth-order valence-corrected chi connectivity index (χ4v) is 1.29. The summed E-state index contributed by atoms with van der Waals surface area (Å²) in [5.41, 5.74) is 0. The Labute approximate surface area is 76.3 Å². The maximum absolute atomic E-state index is 11.3. The minimum Gasteiger partial charge on any atom is -0.479 e. The normalized spacial score (nSPS) is 27.2. The highest BCUT2D eigenvalue weighted by Gasteiger charge is 2.35. The van der Waals surface area contributed by atoms with Gasteiger partial charge in [0.25, 0.3) is 5.91 Å². The molecular formula is C8H13NO4. The molecule has 0 bridgehead atoms. The smallest absolute Gasteiger partial charge is 0.332 e. The van der Waals surface area contributed by atoms with Gasteiger partial charge in [0.15, 0.2) is 6.10 Å².